The highest BCUT2D eigenvalue weighted by Gasteiger charge is 2.28. The maximum absolute atomic E-state index is 12.8. The molecule has 0 bridgehead atoms. The molecule has 2 heterocycles. The number of hydrogen-bond donors (Lipinski definition) is 8. The molecule has 332 valence electrons. The predicted octanol–water partition coefficient (Wildman–Crippen LogP) is 2.54. The molecule has 4 aromatic rings. The van der Waals surface area contributed by atoms with E-state index in [1.54, 1.807) is 45.0 Å². The number of phenols is 2. The van der Waals surface area contributed by atoms with Crippen molar-refractivity contribution in [2.24, 2.45) is 5.73 Å². The van der Waals surface area contributed by atoms with Crippen LogP contribution in [0.25, 0.3) is 0 Å². The molecule has 0 spiro atoms. The minimum Gasteiger partial charge on any atom is -0.508 e. The van der Waals surface area contributed by atoms with Crippen LogP contribution in [0.3, 0.4) is 0 Å². The average Bonchev–Trinajstić information content (AvgIpc) is 3.90. The molecule has 2 aromatic carbocycles. The number of rotatable bonds is 15. The third kappa shape index (κ3) is 15.5. The van der Waals surface area contributed by atoms with Crippen LogP contribution < -0.4 is 32.3 Å². The number of esters is 2. The second kappa shape index (κ2) is 23.5. The first-order chi connectivity index (χ1) is 29.8. The van der Waals surface area contributed by atoms with E-state index >= 15 is 0 Å². The summed E-state index contributed by atoms with van der Waals surface area (Å²) < 4.78 is 14.3. The Morgan fingerprint density at radius 2 is 1.11 bits per heavy atom. The zero-order valence-electron chi connectivity index (χ0n) is 34.5. The monoisotopic (exact) mass is 904 g/mol. The first-order valence-corrected chi connectivity index (χ1v) is 20.1. The fraction of sp³-hybridized carbons (Fsp3) is 0.293. The van der Waals surface area contributed by atoms with E-state index in [0.29, 0.717) is 11.1 Å². The van der Waals surface area contributed by atoms with Gasteiger partial charge in [0, 0.05) is 19.6 Å². The predicted molar refractivity (Wildman–Crippen MR) is 226 cm³/mol. The van der Waals surface area contributed by atoms with Gasteiger partial charge in [0.1, 0.15) is 51.1 Å². The fourth-order valence-electron chi connectivity index (χ4n) is 5.02. The van der Waals surface area contributed by atoms with Gasteiger partial charge in [0.15, 0.2) is 0 Å². The van der Waals surface area contributed by atoms with Crippen LogP contribution >= 0.6 is 22.7 Å². The molecule has 0 fully saturated rings. The van der Waals surface area contributed by atoms with Crippen LogP contribution in [0.5, 0.6) is 11.5 Å². The first-order valence-electron chi connectivity index (χ1n) is 18.5. The second-order valence-electron chi connectivity index (χ2n) is 13.9. The van der Waals surface area contributed by atoms with Gasteiger partial charge >= 0.3 is 18.0 Å². The summed E-state index contributed by atoms with van der Waals surface area (Å²) in [6.45, 7) is 4.79. The van der Waals surface area contributed by atoms with Gasteiger partial charge in [0.25, 0.3) is 23.6 Å². The molecular weight excluding hydrogens is 861 g/mol. The number of carbonyl (C=O) groups excluding carboxylic acids is 7. The summed E-state index contributed by atoms with van der Waals surface area (Å²) in [6.07, 6.45) is -0.791. The van der Waals surface area contributed by atoms with Gasteiger partial charge in [0.05, 0.1) is 41.6 Å². The number of amides is 5. The Morgan fingerprint density at radius 1 is 0.683 bits per heavy atom. The van der Waals surface area contributed by atoms with Crippen molar-refractivity contribution >= 4 is 64.3 Å². The van der Waals surface area contributed by atoms with Gasteiger partial charge in [-0.2, -0.15) is 10.5 Å². The van der Waals surface area contributed by atoms with E-state index in [2.05, 4.69) is 36.1 Å². The Balaban J connectivity index is 0.000000344. The molecular formula is C41H44N8O12S2. The number of phenolic OH excluding ortho intramolecular Hbond substituents is 2. The minimum absolute atomic E-state index is 0.00522. The minimum atomic E-state index is -1.27. The van der Waals surface area contributed by atoms with Crippen LogP contribution in [0.4, 0.5) is 4.79 Å². The molecule has 0 unspecified atom stereocenters. The maximum Gasteiger partial charge on any atom is 0.407 e. The number of nitrogens with zero attached hydrogens (tertiary/aromatic N) is 2. The van der Waals surface area contributed by atoms with Crippen LogP contribution in [-0.4, -0.2) is 96.9 Å². The molecule has 0 saturated heterocycles. The number of nitriles is 2. The van der Waals surface area contributed by atoms with Crippen molar-refractivity contribution in [3.63, 3.8) is 0 Å². The lowest BCUT2D eigenvalue weighted by Crippen LogP contribution is -2.49. The molecule has 2 aromatic heterocycles. The second-order valence-corrected chi connectivity index (χ2v) is 16.0. The number of nitrogens with one attached hydrogen (secondary N) is 5. The van der Waals surface area contributed by atoms with Crippen LogP contribution in [0, 0.1) is 22.7 Å². The highest BCUT2D eigenvalue weighted by molar-refractivity contribution is 7.16. The van der Waals surface area contributed by atoms with Gasteiger partial charge < -0.3 is 56.7 Å². The summed E-state index contributed by atoms with van der Waals surface area (Å²) in [6, 6.07) is 16.7. The standard InChI is InChI=1S/C23H26N4O7S.C18H18N4O5S/c1-23(2,3)34-22(32)26-12-16(21(31)33-4)27-20(30)18-14(10-24)9-17(35-18)19(29)25-11-13-6-5-7-15(28)8-13;1-27-18(26)13(8-20)22-17(25)15-11(7-19)6-14(28-15)16(24)21-9-10-3-2-4-12(23)5-10/h5-9,16,28H,11-12H2,1-4H3,(H,25,29)(H,26,32)(H,27,30);2-6,13,23H,8-9,20H2,1H3,(H,21,24)(H,22,25)/t16-;13-/m00/s1. The van der Waals surface area contributed by atoms with Crippen LogP contribution in [0.2, 0.25) is 0 Å². The number of carbonyl (C=O) groups is 7. The van der Waals surface area contributed by atoms with E-state index in [4.69, 9.17) is 10.5 Å². The molecule has 0 saturated carbocycles. The number of ether oxygens (including phenoxy) is 3. The van der Waals surface area contributed by atoms with Gasteiger partial charge in [0.2, 0.25) is 0 Å². The molecule has 0 aliphatic heterocycles. The van der Waals surface area contributed by atoms with Gasteiger partial charge in [-0.3, -0.25) is 19.2 Å². The van der Waals surface area contributed by atoms with Gasteiger partial charge in [-0.05, 0) is 68.3 Å². The normalized spacial score (nSPS) is 11.4. The van der Waals surface area contributed by atoms with Crippen molar-refractivity contribution in [3.8, 4) is 23.6 Å². The van der Waals surface area contributed by atoms with Gasteiger partial charge in [-0.15, -0.1) is 22.7 Å². The van der Waals surface area contributed by atoms with E-state index < -0.39 is 59.3 Å². The largest absolute Gasteiger partial charge is 0.508 e. The third-order valence-corrected chi connectivity index (χ3v) is 10.2. The molecule has 5 amide bonds. The SMILES string of the molecule is COC(=O)[C@H](CN)NC(=O)c1sc(C(=O)NCc2cccc(O)c2)cc1C#N.COC(=O)[C@H](CNC(=O)OC(C)(C)C)NC(=O)c1sc(C(=O)NCc2cccc(O)c2)cc1C#N. The summed E-state index contributed by atoms with van der Waals surface area (Å²) in [5, 5.41) is 50.1. The Hall–Kier alpha value is -7.53. The van der Waals surface area contributed by atoms with Crippen molar-refractivity contribution in [1.82, 2.24) is 26.6 Å². The van der Waals surface area contributed by atoms with Crippen LogP contribution in [0.15, 0.2) is 60.7 Å². The molecule has 9 N–H and O–H groups in total. The van der Waals surface area contributed by atoms with Crippen molar-refractivity contribution in [3.05, 3.63) is 102 Å². The molecule has 22 heteroatoms. The molecule has 0 aliphatic carbocycles. The Kier molecular flexibility index (Phi) is 18.6. The number of benzene rings is 2. The van der Waals surface area contributed by atoms with E-state index in [9.17, 15) is 54.3 Å². The molecule has 63 heavy (non-hydrogen) atoms. The summed E-state index contributed by atoms with van der Waals surface area (Å²) in [5.74, 6) is -3.90. The number of hydrogen-bond acceptors (Lipinski definition) is 17. The third-order valence-electron chi connectivity index (χ3n) is 7.96. The van der Waals surface area contributed by atoms with Crippen molar-refractivity contribution in [2.45, 2.75) is 51.5 Å². The van der Waals surface area contributed by atoms with Crippen molar-refractivity contribution in [2.75, 3.05) is 27.3 Å². The van der Waals surface area contributed by atoms with Gasteiger partial charge in [-0.1, -0.05) is 24.3 Å². The topological polar surface area (TPSA) is 321 Å². The van der Waals surface area contributed by atoms with Crippen molar-refractivity contribution in [1.29, 1.82) is 10.5 Å². The number of aromatic hydroxyl groups is 2. The van der Waals surface area contributed by atoms with Crippen LogP contribution in [0.1, 0.15) is 81.7 Å². The van der Waals surface area contributed by atoms with E-state index in [-0.39, 0.29) is 68.3 Å². The molecule has 20 nitrogen and oxygen atoms in total. The Morgan fingerprint density at radius 3 is 1.49 bits per heavy atom. The van der Waals surface area contributed by atoms with E-state index in [1.807, 2.05) is 12.1 Å². The first kappa shape index (κ1) is 49.8. The number of thiophene rings is 2. The molecule has 4 rings (SSSR count). The number of methoxy groups -OCH3 is 2. The fourth-order valence-corrected chi connectivity index (χ4v) is 6.88. The molecule has 2 atom stereocenters. The summed E-state index contributed by atoms with van der Waals surface area (Å²) >= 11 is 1.59. The summed E-state index contributed by atoms with van der Waals surface area (Å²) in [5.41, 5.74) is 5.98. The zero-order valence-corrected chi connectivity index (χ0v) is 36.2. The van der Waals surface area contributed by atoms with Crippen molar-refractivity contribution < 1.29 is 58.0 Å². The van der Waals surface area contributed by atoms with Gasteiger partial charge in [-0.25, -0.2) is 14.4 Å². The van der Waals surface area contributed by atoms with E-state index in [1.165, 1.54) is 36.4 Å². The Bertz CT molecular complexity index is 2410. The Labute approximate surface area is 368 Å². The quantitative estimate of drug-likeness (QED) is 0.0628. The maximum atomic E-state index is 12.8. The lowest BCUT2D eigenvalue weighted by molar-refractivity contribution is -0.143. The summed E-state index contributed by atoms with van der Waals surface area (Å²) in [4.78, 5) is 85.8. The average molecular weight is 905 g/mol. The zero-order chi connectivity index (χ0) is 46.9. The number of alkyl carbamates (subject to hydrolysis) is 1. The highest BCUT2D eigenvalue weighted by Crippen LogP contribution is 2.24. The molecule has 0 aliphatic rings. The number of nitrogens with two attached hydrogens (primary N) is 1. The summed E-state index contributed by atoms with van der Waals surface area (Å²) in [7, 11) is 2.29. The van der Waals surface area contributed by atoms with E-state index in [0.717, 1.165) is 36.9 Å². The van der Waals surface area contributed by atoms with Crippen LogP contribution in [-0.2, 0) is 36.9 Å². The smallest absolute Gasteiger partial charge is 0.407 e. The lowest BCUT2D eigenvalue weighted by Gasteiger charge is -2.21. The molecule has 0 radical (unpaired) electrons. The highest BCUT2D eigenvalue weighted by atomic mass is 32.1. The lowest BCUT2D eigenvalue weighted by atomic mass is 10.2.